The van der Waals surface area contributed by atoms with Gasteiger partial charge in [0.05, 0.1) is 16.6 Å². The van der Waals surface area contributed by atoms with Gasteiger partial charge in [-0.1, -0.05) is 29.8 Å². The molecular formula is C17H12ClN3O5. The molecule has 2 aromatic rings. The molecule has 26 heavy (non-hydrogen) atoms. The molecule has 1 amide bonds. The van der Waals surface area contributed by atoms with E-state index in [2.05, 4.69) is 5.32 Å². The first kappa shape index (κ1) is 18.9. The number of hydrogen-bond donors (Lipinski definition) is 1. The van der Waals surface area contributed by atoms with Crippen LogP contribution in [0.5, 0.6) is 0 Å². The molecule has 2 aromatic carbocycles. The van der Waals surface area contributed by atoms with E-state index in [9.17, 15) is 19.7 Å². The number of nitriles is 1. The Morgan fingerprint density at radius 2 is 2.00 bits per heavy atom. The van der Waals surface area contributed by atoms with E-state index in [0.29, 0.717) is 11.1 Å². The summed E-state index contributed by atoms with van der Waals surface area (Å²) in [7, 11) is 0. The van der Waals surface area contributed by atoms with Gasteiger partial charge in [0.25, 0.3) is 11.6 Å². The lowest BCUT2D eigenvalue weighted by Crippen LogP contribution is -2.30. The minimum atomic E-state index is -0.713. The highest BCUT2D eigenvalue weighted by molar-refractivity contribution is 6.32. The van der Waals surface area contributed by atoms with E-state index in [1.165, 1.54) is 12.1 Å². The van der Waals surface area contributed by atoms with Gasteiger partial charge in [-0.05, 0) is 18.2 Å². The standard InChI is InChI=1S/C17H12ClN3O5/c18-14-6-5-11(7-15(14)21(24)25)17(23)20-9-16(22)26-10-13-4-2-1-3-12(13)8-19/h1-7H,9-10H2,(H,20,23). The zero-order chi connectivity index (χ0) is 19.1. The minimum Gasteiger partial charge on any atom is -0.459 e. The van der Waals surface area contributed by atoms with Crippen molar-refractivity contribution in [2.24, 2.45) is 0 Å². The molecule has 0 bridgehead atoms. The Morgan fingerprint density at radius 3 is 2.69 bits per heavy atom. The van der Waals surface area contributed by atoms with Gasteiger partial charge in [-0.3, -0.25) is 19.7 Å². The molecule has 9 heteroatoms. The average molecular weight is 374 g/mol. The number of halogens is 1. The fourth-order valence-corrected chi connectivity index (χ4v) is 2.20. The monoisotopic (exact) mass is 373 g/mol. The molecule has 0 aromatic heterocycles. The summed E-state index contributed by atoms with van der Waals surface area (Å²) >= 11 is 5.68. The van der Waals surface area contributed by atoms with Crippen molar-refractivity contribution in [3.63, 3.8) is 0 Å². The van der Waals surface area contributed by atoms with Crippen LogP contribution in [0.1, 0.15) is 21.5 Å². The Bertz CT molecular complexity index is 908. The van der Waals surface area contributed by atoms with Crippen molar-refractivity contribution < 1.29 is 19.2 Å². The maximum atomic E-state index is 12.0. The molecule has 0 radical (unpaired) electrons. The first-order valence-electron chi connectivity index (χ1n) is 7.28. The third-order valence-electron chi connectivity index (χ3n) is 3.32. The number of carbonyl (C=O) groups is 2. The van der Waals surface area contributed by atoms with Crippen LogP contribution in [0.2, 0.25) is 5.02 Å². The maximum absolute atomic E-state index is 12.0. The molecule has 1 N–H and O–H groups in total. The number of ether oxygens (including phenoxy) is 1. The second-order valence-corrected chi connectivity index (χ2v) is 5.44. The largest absolute Gasteiger partial charge is 0.459 e. The number of amides is 1. The van der Waals surface area contributed by atoms with Crippen LogP contribution in [0.3, 0.4) is 0 Å². The van der Waals surface area contributed by atoms with Crippen LogP contribution < -0.4 is 5.32 Å². The Balaban J connectivity index is 1.91. The Hall–Kier alpha value is -3.44. The lowest BCUT2D eigenvalue weighted by molar-refractivity contribution is -0.384. The van der Waals surface area contributed by atoms with E-state index >= 15 is 0 Å². The van der Waals surface area contributed by atoms with E-state index in [0.717, 1.165) is 6.07 Å². The molecule has 0 aliphatic carbocycles. The van der Waals surface area contributed by atoms with E-state index in [1.54, 1.807) is 24.3 Å². The third kappa shape index (κ3) is 4.78. The fourth-order valence-electron chi connectivity index (χ4n) is 2.01. The highest BCUT2D eigenvalue weighted by Crippen LogP contribution is 2.24. The first-order valence-corrected chi connectivity index (χ1v) is 7.66. The van der Waals surface area contributed by atoms with Gasteiger partial charge in [0.1, 0.15) is 18.2 Å². The lowest BCUT2D eigenvalue weighted by Gasteiger charge is -2.08. The topological polar surface area (TPSA) is 122 Å². The first-order chi connectivity index (χ1) is 12.4. The van der Waals surface area contributed by atoms with Crippen LogP contribution in [0.4, 0.5) is 5.69 Å². The molecule has 0 spiro atoms. The molecule has 0 unspecified atom stereocenters. The van der Waals surface area contributed by atoms with Crippen molar-refractivity contribution in [2.45, 2.75) is 6.61 Å². The molecule has 0 heterocycles. The van der Waals surface area contributed by atoms with Gasteiger partial charge in [-0.2, -0.15) is 5.26 Å². The van der Waals surface area contributed by atoms with E-state index in [-0.39, 0.29) is 17.2 Å². The number of nitro groups is 1. The summed E-state index contributed by atoms with van der Waals surface area (Å²) < 4.78 is 5.00. The molecule has 0 saturated carbocycles. The predicted molar refractivity (Wildman–Crippen MR) is 91.4 cm³/mol. The molecule has 132 valence electrons. The van der Waals surface area contributed by atoms with Gasteiger partial charge >= 0.3 is 5.97 Å². The number of benzene rings is 2. The van der Waals surface area contributed by atoms with Crippen molar-refractivity contribution in [1.82, 2.24) is 5.32 Å². The van der Waals surface area contributed by atoms with Gasteiger partial charge < -0.3 is 10.1 Å². The summed E-state index contributed by atoms with van der Waals surface area (Å²) in [5.41, 5.74) is 0.513. The predicted octanol–water partition coefficient (Wildman–Crippen LogP) is 2.59. The molecule has 0 aliphatic heterocycles. The molecule has 0 saturated heterocycles. The number of nitro benzene ring substituents is 1. The molecule has 2 rings (SSSR count). The van der Waals surface area contributed by atoms with Gasteiger partial charge in [0.2, 0.25) is 0 Å². The van der Waals surface area contributed by atoms with Gasteiger partial charge in [0, 0.05) is 17.2 Å². The third-order valence-corrected chi connectivity index (χ3v) is 3.64. The number of rotatable bonds is 6. The zero-order valence-corrected chi connectivity index (χ0v) is 14.0. The molecular weight excluding hydrogens is 362 g/mol. The van der Waals surface area contributed by atoms with Gasteiger partial charge in [-0.25, -0.2) is 0 Å². The second-order valence-electron chi connectivity index (χ2n) is 5.04. The number of nitrogens with one attached hydrogen (secondary N) is 1. The van der Waals surface area contributed by atoms with Crippen LogP contribution in [-0.4, -0.2) is 23.3 Å². The summed E-state index contributed by atoms with van der Waals surface area (Å²) in [4.78, 5) is 33.8. The Labute approximate surface area is 153 Å². The maximum Gasteiger partial charge on any atom is 0.325 e. The quantitative estimate of drug-likeness (QED) is 0.471. The lowest BCUT2D eigenvalue weighted by atomic mass is 10.1. The van der Waals surface area contributed by atoms with Crippen LogP contribution in [0.25, 0.3) is 0 Å². The summed E-state index contributed by atoms with van der Waals surface area (Å²) in [6.45, 7) is -0.533. The molecule has 0 atom stereocenters. The van der Waals surface area contributed by atoms with Gasteiger partial charge in [-0.15, -0.1) is 0 Å². The van der Waals surface area contributed by atoms with Crippen molar-refractivity contribution in [1.29, 1.82) is 5.26 Å². The summed E-state index contributed by atoms with van der Waals surface area (Å²) in [5, 5.41) is 22.0. The van der Waals surface area contributed by atoms with Crippen molar-refractivity contribution in [3.8, 4) is 6.07 Å². The highest BCUT2D eigenvalue weighted by Gasteiger charge is 2.17. The Morgan fingerprint density at radius 1 is 1.27 bits per heavy atom. The second kappa shape index (κ2) is 8.60. The SMILES string of the molecule is N#Cc1ccccc1COC(=O)CNC(=O)c1ccc(Cl)c([N+](=O)[O-])c1. The molecule has 8 nitrogen and oxygen atoms in total. The number of nitrogens with zero attached hydrogens (tertiary/aromatic N) is 2. The number of carbonyl (C=O) groups excluding carboxylic acids is 2. The smallest absolute Gasteiger partial charge is 0.325 e. The number of esters is 1. The molecule has 0 aliphatic rings. The summed E-state index contributed by atoms with van der Waals surface area (Å²) in [5.74, 6) is -1.39. The van der Waals surface area contributed by atoms with Crippen LogP contribution >= 0.6 is 11.6 Å². The van der Waals surface area contributed by atoms with E-state index < -0.39 is 29.0 Å². The molecule has 0 fully saturated rings. The average Bonchev–Trinajstić information content (AvgIpc) is 2.64. The van der Waals surface area contributed by atoms with E-state index in [1.807, 2.05) is 6.07 Å². The Kier molecular flexibility index (Phi) is 6.25. The van der Waals surface area contributed by atoms with Crippen LogP contribution in [0.15, 0.2) is 42.5 Å². The van der Waals surface area contributed by atoms with Crippen LogP contribution in [0, 0.1) is 21.4 Å². The van der Waals surface area contributed by atoms with Crippen molar-refractivity contribution in [3.05, 3.63) is 74.3 Å². The number of hydrogen-bond acceptors (Lipinski definition) is 6. The van der Waals surface area contributed by atoms with Crippen molar-refractivity contribution in [2.75, 3.05) is 6.54 Å². The van der Waals surface area contributed by atoms with Crippen molar-refractivity contribution >= 4 is 29.2 Å². The fraction of sp³-hybridized carbons (Fsp3) is 0.118. The van der Waals surface area contributed by atoms with E-state index in [4.69, 9.17) is 21.6 Å². The highest BCUT2D eigenvalue weighted by atomic mass is 35.5. The minimum absolute atomic E-state index is 0.0104. The van der Waals surface area contributed by atoms with Gasteiger partial charge in [0.15, 0.2) is 0 Å². The van der Waals surface area contributed by atoms with Crippen LogP contribution in [-0.2, 0) is 16.1 Å². The summed E-state index contributed by atoms with van der Waals surface area (Å²) in [6.07, 6.45) is 0. The summed E-state index contributed by atoms with van der Waals surface area (Å²) in [6, 6.07) is 12.2. The normalized spacial score (nSPS) is 9.85. The zero-order valence-electron chi connectivity index (χ0n) is 13.3.